The van der Waals surface area contributed by atoms with Crippen molar-refractivity contribution in [2.75, 3.05) is 39.4 Å². The predicted molar refractivity (Wildman–Crippen MR) is 188 cm³/mol. The van der Waals surface area contributed by atoms with E-state index in [0.717, 1.165) is 11.1 Å². The van der Waals surface area contributed by atoms with Crippen LogP contribution < -0.4 is 14.8 Å². The highest BCUT2D eigenvalue weighted by Gasteiger charge is 2.36. The van der Waals surface area contributed by atoms with Crippen LogP contribution in [0.25, 0.3) is 5.76 Å². The standard InChI is InChI=1S/C37H54N2O9/c1-22(2)19-46-31-17-26(25(6)44-10)12-13-28(31)16-30(41)27-14-15-29(32(18-27)47-20-23(3)4)38-33(42)21-48-39-34(35(43)24(5)40)36(45-11)37(7,8)9/h12-15,17-18,22-24,35-36,40,43H,6,16,19-21H2,1-5,7-11H3,(H,38,42)/b39-34+/t24-,35+,36-/m1/s1. The molecule has 2 aromatic carbocycles. The lowest BCUT2D eigenvalue weighted by Crippen LogP contribution is -2.46. The molecule has 11 heteroatoms. The summed E-state index contributed by atoms with van der Waals surface area (Å²) in [5.41, 5.74) is 1.80. The van der Waals surface area contributed by atoms with Gasteiger partial charge < -0.3 is 39.3 Å². The topological polar surface area (TPSA) is 145 Å². The number of anilines is 1. The van der Waals surface area contributed by atoms with Gasteiger partial charge >= 0.3 is 0 Å². The third-order valence-electron chi connectivity index (χ3n) is 7.13. The summed E-state index contributed by atoms with van der Waals surface area (Å²) >= 11 is 0. The predicted octanol–water partition coefficient (Wildman–Crippen LogP) is 5.91. The lowest BCUT2D eigenvalue weighted by molar-refractivity contribution is -0.120. The summed E-state index contributed by atoms with van der Waals surface area (Å²) in [4.78, 5) is 31.8. The largest absolute Gasteiger partial charge is 0.497 e. The van der Waals surface area contributed by atoms with Crippen molar-refractivity contribution in [2.45, 2.75) is 80.1 Å². The molecule has 11 nitrogen and oxygen atoms in total. The number of carbonyl (C=O) groups is 2. The van der Waals surface area contributed by atoms with Crippen molar-refractivity contribution in [3.05, 3.63) is 59.7 Å². The van der Waals surface area contributed by atoms with Crippen molar-refractivity contribution in [2.24, 2.45) is 22.4 Å². The number of oxime groups is 1. The Labute approximate surface area is 285 Å². The molecule has 0 aliphatic rings. The van der Waals surface area contributed by atoms with Gasteiger partial charge in [-0.05, 0) is 48.4 Å². The summed E-state index contributed by atoms with van der Waals surface area (Å²) in [6, 6.07) is 10.3. The van der Waals surface area contributed by atoms with E-state index in [9.17, 15) is 19.8 Å². The molecule has 0 bridgehead atoms. The number of aliphatic hydroxyl groups is 2. The molecule has 0 saturated carbocycles. The SMILES string of the molecule is C=C(OC)c1ccc(CC(=O)c2ccc(NC(=O)CO/N=C(\[C@@H](O)[C@@H](C)O)[C@@H](OC)C(C)(C)C)c(OCC(C)C)c2)c(OCC(C)C)c1. The number of carbonyl (C=O) groups excluding carboxylic acids is 2. The Morgan fingerprint density at radius 2 is 1.48 bits per heavy atom. The maximum absolute atomic E-state index is 13.5. The van der Waals surface area contributed by atoms with Crippen molar-refractivity contribution >= 4 is 28.8 Å². The molecule has 2 rings (SSSR count). The Hall–Kier alpha value is -3.93. The number of ether oxygens (including phenoxy) is 4. The minimum atomic E-state index is -1.36. The first kappa shape index (κ1) is 40.2. The van der Waals surface area contributed by atoms with Gasteiger partial charge in [-0.25, -0.2) is 0 Å². The third kappa shape index (κ3) is 12.3. The zero-order valence-electron chi connectivity index (χ0n) is 30.1. The molecule has 0 radical (unpaired) electrons. The highest BCUT2D eigenvalue weighted by molar-refractivity contribution is 6.00. The van der Waals surface area contributed by atoms with Crippen LogP contribution in [0.15, 0.2) is 48.1 Å². The van der Waals surface area contributed by atoms with E-state index in [1.165, 1.54) is 14.0 Å². The van der Waals surface area contributed by atoms with Gasteiger partial charge in [0.1, 0.15) is 35.2 Å². The second-order valence-corrected chi connectivity index (χ2v) is 13.7. The van der Waals surface area contributed by atoms with Crippen LogP contribution in [0.4, 0.5) is 5.69 Å². The minimum Gasteiger partial charge on any atom is -0.497 e. The van der Waals surface area contributed by atoms with E-state index < -0.39 is 36.2 Å². The highest BCUT2D eigenvalue weighted by atomic mass is 16.6. The van der Waals surface area contributed by atoms with Gasteiger partial charge in [0.2, 0.25) is 0 Å². The second-order valence-electron chi connectivity index (χ2n) is 13.7. The molecule has 266 valence electrons. The smallest absolute Gasteiger partial charge is 0.265 e. The Morgan fingerprint density at radius 1 is 0.896 bits per heavy atom. The third-order valence-corrected chi connectivity index (χ3v) is 7.13. The number of ketones is 1. The fraction of sp³-hybridized carbons (Fsp3) is 0.541. The normalized spacial score (nSPS) is 13.9. The van der Waals surface area contributed by atoms with Gasteiger partial charge in [-0.1, -0.05) is 72.3 Å². The molecule has 0 spiro atoms. The number of methoxy groups -OCH3 is 2. The molecule has 1 amide bonds. The Bertz CT molecular complexity index is 1410. The van der Waals surface area contributed by atoms with E-state index in [1.807, 2.05) is 66.7 Å². The summed E-state index contributed by atoms with van der Waals surface area (Å²) in [7, 11) is 3.02. The Balaban J connectivity index is 2.30. The zero-order chi connectivity index (χ0) is 36.2. The van der Waals surface area contributed by atoms with Gasteiger partial charge in [0.25, 0.3) is 5.91 Å². The minimum absolute atomic E-state index is 0.0626. The number of Topliss-reactive ketones (excluding diaryl/α,β-unsaturated/α-hetero) is 1. The van der Waals surface area contributed by atoms with Gasteiger partial charge in [0, 0.05) is 30.2 Å². The second kappa shape index (κ2) is 18.6. The molecule has 2 aromatic rings. The first-order valence-electron chi connectivity index (χ1n) is 16.2. The number of hydrogen-bond acceptors (Lipinski definition) is 10. The molecule has 0 aromatic heterocycles. The van der Waals surface area contributed by atoms with Crippen LogP contribution in [0.2, 0.25) is 0 Å². The number of nitrogens with zero attached hydrogens (tertiary/aromatic N) is 1. The Morgan fingerprint density at radius 3 is 2.02 bits per heavy atom. The fourth-order valence-electron chi connectivity index (χ4n) is 4.61. The molecule has 0 aliphatic carbocycles. The van der Waals surface area contributed by atoms with Crippen molar-refractivity contribution in [3.63, 3.8) is 0 Å². The zero-order valence-corrected chi connectivity index (χ0v) is 30.1. The summed E-state index contributed by atoms with van der Waals surface area (Å²) in [6.07, 6.45) is -3.12. The lowest BCUT2D eigenvalue weighted by atomic mass is 9.83. The average molecular weight is 671 g/mol. The number of hydrogen-bond donors (Lipinski definition) is 3. The first-order chi connectivity index (χ1) is 22.5. The van der Waals surface area contributed by atoms with E-state index >= 15 is 0 Å². The molecule has 0 heterocycles. The molecule has 0 saturated heterocycles. The van der Waals surface area contributed by atoms with Crippen LogP contribution in [0, 0.1) is 17.3 Å². The molecule has 0 unspecified atom stereocenters. The van der Waals surface area contributed by atoms with Crippen LogP contribution in [0.3, 0.4) is 0 Å². The van der Waals surface area contributed by atoms with Crippen molar-refractivity contribution in [1.82, 2.24) is 0 Å². The average Bonchev–Trinajstić information content (AvgIpc) is 3.01. The van der Waals surface area contributed by atoms with E-state index in [4.69, 9.17) is 23.8 Å². The van der Waals surface area contributed by atoms with Gasteiger partial charge in [-0.3, -0.25) is 9.59 Å². The van der Waals surface area contributed by atoms with Crippen molar-refractivity contribution in [3.8, 4) is 11.5 Å². The van der Waals surface area contributed by atoms with Crippen LogP contribution >= 0.6 is 0 Å². The maximum Gasteiger partial charge on any atom is 0.265 e. The lowest BCUT2D eigenvalue weighted by Gasteiger charge is -2.32. The van der Waals surface area contributed by atoms with E-state index in [2.05, 4.69) is 17.1 Å². The Kier molecular flexibility index (Phi) is 15.6. The van der Waals surface area contributed by atoms with Gasteiger partial charge in [-0.15, -0.1) is 0 Å². The molecule has 0 fully saturated rings. The van der Waals surface area contributed by atoms with Gasteiger partial charge in [0.05, 0.1) is 32.1 Å². The quantitative estimate of drug-likeness (QED) is 0.0719. The summed E-state index contributed by atoms with van der Waals surface area (Å²) < 4.78 is 22.9. The van der Waals surface area contributed by atoms with Crippen LogP contribution in [-0.2, 0) is 25.5 Å². The highest BCUT2D eigenvalue weighted by Crippen LogP contribution is 2.30. The number of benzene rings is 2. The molecule has 48 heavy (non-hydrogen) atoms. The summed E-state index contributed by atoms with van der Waals surface area (Å²) in [6.45, 7) is 19.4. The number of aliphatic hydroxyl groups excluding tert-OH is 2. The molecule has 3 N–H and O–H groups in total. The number of rotatable bonds is 19. The van der Waals surface area contributed by atoms with Crippen LogP contribution in [0.5, 0.6) is 11.5 Å². The summed E-state index contributed by atoms with van der Waals surface area (Å²) in [5, 5.41) is 27.3. The van der Waals surface area contributed by atoms with Gasteiger partial charge in [-0.2, -0.15) is 0 Å². The van der Waals surface area contributed by atoms with Crippen LogP contribution in [0.1, 0.15) is 76.9 Å². The molecular weight excluding hydrogens is 616 g/mol. The van der Waals surface area contributed by atoms with E-state index in [-0.39, 0.29) is 29.8 Å². The first-order valence-corrected chi connectivity index (χ1v) is 16.2. The molecule has 0 aliphatic heterocycles. The van der Waals surface area contributed by atoms with Crippen molar-refractivity contribution < 1.29 is 43.6 Å². The van der Waals surface area contributed by atoms with Gasteiger partial charge in [0.15, 0.2) is 12.4 Å². The maximum atomic E-state index is 13.5. The monoisotopic (exact) mass is 670 g/mol. The van der Waals surface area contributed by atoms with Crippen LogP contribution in [-0.4, -0.2) is 80.0 Å². The van der Waals surface area contributed by atoms with Crippen molar-refractivity contribution in [1.29, 1.82) is 0 Å². The number of amides is 1. The molecule has 3 atom stereocenters. The summed E-state index contributed by atoms with van der Waals surface area (Å²) in [5.74, 6) is 1.15. The van der Waals surface area contributed by atoms with E-state index in [0.29, 0.717) is 41.7 Å². The number of nitrogens with one attached hydrogen (secondary N) is 1. The fourth-order valence-corrected chi connectivity index (χ4v) is 4.61. The molecular formula is C37H54N2O9. The van der Waals surface area contributed by atoms with E-state index in [1.54, 1.807) is 25.3 Å².